The van der Waals surface area contributed by atoms with Gasteiger partial charge < -0.3 is 9.26 Å². The third kappa shape index (κ3) is 3.94. The number of piperidine rings is 1. The summed E-state index contributed by atoms with van der Waals surface area (Å²) in [4.78, 5) is 0.230. The molecule has 1 atom stereocenters. The number of rotatable bonds is 6. The number of aryl methyl sites for hydroxylation is 3. The van der Waals surface area contributed by atoms with Crippen LogP contribution in [0.2, 0.25) is 0 Å². The van der Waals surface area contributed by atoms with Crippen LogP contribution in [0, 0.1) is 19.8 Å². The quantitative estimate of drug-likeness (QED) is 0.771. The largest absolute Gasteiger partial charge is 0.497 e. The molecular weight excluding hydrogens is 352 g/mol. The van der Waals surface area contributed by atoms with E-state index in [9.17, 15) is 8.42 Å². The van der Waals surface area contributed by atoms with Crippen LogP contribution in [-0.4, -0.2) is 38.1 Å². The van der Waals surface area contributed by atoms with Crippen LogP contribution in [-0.2, 0) is 16.4 Å². The highest BCUT2D eigenvalue weighted by atomic mass is 32.2. The molecule has 1 saturated heterocycles. The summed E-state index contributed by atoms with van der Waals surface area (Å²) in [5.74, 6) is 1.58. The highest BCUT2D eigenvalue weighted by Gasteiger charge is 2.34. The van der Waals surface area contributed by atoms with Gasteiger partial charge in [-0.1, -0.05) is 17.3 Å². The summed E-state index contributed by atoms with van der Waals surface area (Å²) in [6, 6.07) is 8.06. The number of nitrogens with zero attached hydrogens (tertiary/aromatic N) is 2. The van der Waals surface area contributed by atoms with Gasteiger partial charge in [0.2, 0.25) is 10.0 Å². The van der Waals surface area contributed by atoms with E-state index in [0.717, 1.165) is 31.4 Å². The van der Waals surface area contributed by atoms with Crippen LogP contribution < -0.4 is 4.74 Å². The average Bonchev–Trinajstić information content (AvgIpc) is 2.99. The Hall–Kier alpha value is -1.86. The van der Waals surface area contributed by atoms with Gasteiger partial charge in [-0.25, -0.2) is 8.42 Å². The van der Waals surface area contributed by atoms with Crippen molar-refractivity contribution >= 4 is 10.0 Å². The van der Waals surface area contributed by atoms with E-state index in [4.69, 9.17) is 9.26 Å². The van der Waals surface area contributed by atoms with Crippen molar-refractivity contribution in [2.24, 2.45) is 5.92 Å². The highest BCUT2D eigenvalue weighted by molar-refractivity contribution is 7.89. The van der Waals surface area contributed by atoms with Gasteiger partial charge in [-0.3, -0.25) is 0 Å². The van der Waals surface area contributed by atoms with Gasteiger partial charge >= 0.3 is 0 Å². The van der Waals surface area contributed by atoms with Gasteiger partial charge in [0.1, 0.15) is 16.3 Å². The minimum Gasteiger partial charge on any atom is -0.497 e. The normalized spacial score (nSPS) is 18.8. The van der Waals surface area contributed by atoms with Crippen LogP contribution in [0.15, 0.2) is 33.7 Å². The third-order valence-electron chi connectivity index (χ3n) is 5.05. The summed E-state index contributed by atoms with van der Waals surface area (Å²) in [5, 5.41) is 3.80. The zero-order valence-corrected chi connectivity index (χ0v) is 16.4. The van der Waals surface area contributed by atoms with E-state index in [0.29, 0.717) is 30.5 Å². The fourth-order valence-corrected chi connectivity index (χ4v) is 5.46. The van der Waals surface area contributed by atoms with Gasteiger partial charge in [0.15, 0.2) is 5.76 Å². The number of benzene rings is 1. The lowest BCUT2D eigenvalue weighted by molar-refractivity contribution is 0.256. The van der Waals surface area contributed by atoms with E-state index in [2.05, 4.69) is 17.3 Å². The molecule has 0 spiro atoms. The summed E-state index contributed by atoms with van der Waals surface area (Å²) in [5.41, 5.74) is 1.68. The van der Waals surface area contributed by atoms with Crippen molar-refractivity contribution in [3.63, 3.8) is 0 Å². The van der Waals surface area contributed by atoms with Gasteiger partial charge in [0.25, 0.3) is 0 Å². The second-order valence-corrected chi connectivity index (χ2v) is 8.79. The van der Waals surface area contributed by atoms with Gasteiger partial charge in [0.05, 0.1) is 7.11 Å². The van der Waals surface area contributed by atoms with Gasteiger partial charge in [-0.2, -0.15) is 4.31 Å². The summed E-state index contributed by atoms with van der Waals surface area (Å²) in [6.07, 6.45) is 3.85. The molecule has 0 N–H and O–H groups in total. The minimum absolute atomic E-state index is 0.230. The van der Waals surface area contributed by atoms with Crippen molar-refractivity contribution in [2.75, 3.05) is 20.2 Å². The Balaban J connectivity index is 1.65. The van der Waals surface area contributed by atoms with E-state index in [1.807, 2.05) is 12.1 Å². The molecule has 3 rings (SSSR count). The lowest BCUT2D eigenvalue weighted by Crippen LogP contribution is -2.40. The van der Waals surface area contributed by atoms with E-state index in [-0.39, 0.29) is 4.90 Å². The predicted octanol–water partition coefficient (Wildman–Crippen LogP) is 3.33. The van der Waals surface area contributed by atoms with Crippen molar-refractivity contribution in [2.45, 2.75) is 44.4 Å². The Labute approximate surface area is 155 Å². The molecule has 2 heterocycles. The second kappa shape index (κ2) is 7.80. The average molecular weight is 378 g/mol. The van der Waals surface area contributed by atoms with Crippen molar-refractivity contribution < 1.29 is 17.7 Å². The molecule has 0 aliphatic carbocycles. The number of hydrogen-bond acceptors (Lipinski definition) is 5. The molecular formula is C19H26N2O4S. The number of methoxy groups -OCH3 is 1. The molecule has 0 amide bonds. The first-order chi connectivity index (χ1) is 12.4. The monoisotopic (exact) mass is 378 g/mol. The molecule has 1 aliphatic rings. The molecule has 6 nitrogen and oxygen atoms in total. The molecule has 26 heavy (non-hydrogen) atoms. The topological polar surface area (TPSA) is 72.6 Å². The second-order valence-electron chi connectivity index (χ2n) is 6.91. The Bertz CT molecular complexity index is 823. The fraction of sp³-hybridized carbons (Fsp3) is 0.526. The maximum absolute atomic E-state index is 13.0. The van der Waals surface area contributed by atoms with Crippen LogP contribution in [0.1, 0.15) is 36.3 Å². The van der Waals surface area contributed by atoms with E-state index < -0.39 is 10.0 Å². The first kappa shape index (κ1) is 18.9. The first-order valence-electron chi connectivity index (χ1n) is 8.97. The number of hydrogen-bond donors (Lipinski definition) is 0. The maximum Gasteiger partial charge on any atom is 0.248 e. The summed E-state index contributed by atoms with van der Waals surface area (Å²) < 4.78 is 37.8. The lowest BCUT2D eigenvalue weighted by atomic mass is 9.93. The van der Waals surface area contributed by atoms with Crippen molar-refractivity contribution in [3.05, 3.63) is 41.3 Å². The molecule has 2 aromatic rings. The van der Waals surface area contributed by atoms with Crippen LogP contribution in [0.5, 0.6) is 5.75 Å². The fourth-order valence-electron chi connectivity index (χ4n) is 3.62. The van der Waals surface area contributed by atoms with Crippen LogP contribution in [0.4, 0.5) is 0 Å². The molecule has 1 unspecified atom stereocenters. The predicted molar refractivity (Wildman–Crippen MR) is 98.8 cm³/mol. The van der Waals surface area contributed by atoms with E-state index in [1.54, 1.807) is 25.3 Å². The van der Waals surface area contributed by atoms with Crippen LogP contribution in [0.3, 0.4) is 0 Å². The maximum atomic E-state index is 13.0. The number of aromatic nitrogens is 1. The third-order valence-corrected chi connectivity index (χ3v) is 7.16. The number of sulfonamides is 1. The zero-order chi connectivity index (χ0) is 18.7. The van der Waals surface area contributed by atoms with Crippen molar-refractivity contribution in [1.29, 1.82) is 0 Å². The van der Waals surface area contributed by atoms with E-state index >= 15 is 0 Å². The van der Waals surface area contributed by atoms with Crippen LogP contribution >= 0.6 is 0 Å². The SMILES string of the molecule is COc1ccc(CCC2CCCN(S(=O)(=O)c3c(C)noc3C)C2)cc1. The zero-order valence-electron chi connectivity index (χ0n) is 15.6. The number of ether oxygens (including phenoxy) is 1. The first-order valence-corrected chi connectivity index (χ1v) is 10.4. The van der Waals surface area contributed by atoms with Crippen molar-refractivity contribution in [3.8, 4) is 5.75 Å². The van der Waals surface area contributed by atoms with Gasteiger partial charge in [-0.15, -0.1) is 0 Å². The molecule has 1 fully saturated rings. The van der Waals surface area contributed by atoms with E-state index in [1.165, 1.54) is 5.56 Å². The lowest BCUT2D eigenvalue weighted by Gasteiger charge is -2.31. The smallest absolute Gasteiger partial charge is 0.248 e. The molecule has 142 valence electrons. The summed E-state index contributed by atoms with van der Waals surface area (Å²) in [6.45, 7) is 4.44. The Morgan fingerprint density at radius 3 is 2.62 bits per heavy atom. The van der Waals surface area contributed by atoms with Gasteiger partial charge in [-0.05, 0) is 63.1 Å². The van der Waals surface area contributed by atoms with Crippen LogP contribution in [0.25, 0.3) is 0 Å². The highest BCUT2D eigenvalue weighted by Crippen LogP contribution is 2.29. The summed E-state index contributed by atoms with van der Waals surface area (Å²) >= 11 is 0. The standard InChI is InChI=1S/C19H26N2O4S/c1-14-19(15(2)25-20-14)26(22,23)21-12-4-5-17(13-21)7-6-16-8-10-18(24-3)11-9-16/h8-11,17H,4-7,12-13H2,1-3H3. The molecule has 0 saturated carbocycles. The molecule has 0 bridgehead atoms. The molecule has 1 aromatic heterocycles. The molecule has 1 aliphatic heterocycles. The Kier molecular flexibility index (Phi) is 5.67. The molecule has 1 aromatic carbocycles. The minimum atomic E-state index is -3.54. The summed E-state index contributed by atoms with van der Waals surface area (Å²) in [7, 11) is -1.89. The Morgan fingerprint density at radius 1 is 1.27 bits per heavy atom. The van der Waals surface area contributed by atoms with Crippen molar-refractivity contribution in [1.82, 2.24) is 9.46 Å². The molecule has 0 radical (unpaired) electrons. The Morgan fingerprint density at radius 2 is 2.00 bits per heavy atom. The van der Waals surface area contributed by atoms with Gasteiger partial charge in [0, 0.05) is 13.1 Å². The molecule has 7 heteroatoms.